The number of rotatable bonds is 3. The third-order valence-electron chi connectivity index (χ3n) is 3.98. The molecule has 0 atom stereocenters. The molecule has 1 aromatic heterocycles. The summed E-state index contributed by atoms with van der Waals surface area (Å²) in [5.74, 6) is 0.00791. The first-order valence-electron chi connectivity index (χ1n) is 7.88. The van der Waals surface area contributed by atoms with Crippen LogP contribution in [0.3, 0.4) is 0 Å². The van der Waals surface area contributed by atoms with Crippen LogP contribution in [0.1, 0.15) is 23.2 Å². The number of aromatic nitrogens is 1. The highest BCUT2D eigenvalue weighted by molar-refractivity contribution is 5.96. The molecule has 0 saturated carbocycles. The van der Waals surface area contributed by atoms with E-state index in [1.165, 1.54) is 0 Å². The van der Waals surface area contributed by atoms with Crippen molar-refractivity contribution in [2.45, 2.75) is 26.3 Å². The number of anilines is 2. The summed E-state index contributed by atoms with van der Waals surface area (Å²) < 4.78 is 0. The second-order valence-electron chi connectivity index (χ2n) is 6.03. The zero-order chi connectivity index (χ0) is 17.1. The van der Waals surface area contributed by atoms with Crippen LogP contribution in [-0.4, -0.2) is 28.9 Å². The third-order valence-corrected chi connectivity index (χ3v) is 3.98. The Morgan fingerprint density at radius 1 is 1.29 bits per heavy atom. The Hall–Kier alpha value is -2.89. The van der Waals surface area contributed by atoms with E-state index in [0.717, 1.165) is 28.9 Å². The predicted molar refractivity (Wildman–Crippen MR) is 92.9 cm³/mol. The molecule has 0 bridgehead atoms. The molecule has 124 valence electrons. The number of urea groups is 1. The number of nitrogens with zero attached hydrogens (tertiary/aromatic N) is 2. The third kappa shape index (κ3) is 3.71. The Kier molecular flexibility index (Phi) is 4.46. The number of hydrogen-bond donors (Lipinski definition) is 2. The van der Waals surface area contributed by atoms with Crippen molar-refractivity contribution in [2.75, 3.05) is 17.7 Å². The van der Waals surface area contributed by atoms with Crippen LogP contribution in [0.15, 0.2) is 36.5 Å². The lowest BCUT2D eigenvalue weighted by molar-refractivity contribution is -0.116. The number of hydrogen-bond acceptors (Lipinski definition) is 3. The molecule has 0 spiro atoms. The zero-order valence-corrected chi connectivity index (χ0v) is 13.8. The molecule has 6 heteroatoms. The lowest BCUT2D eigenvalue weighted by atomic mass is 10.0. The number of pyridine rings is 1. The van der Waals surface area contributed by atoms with Gasteiger partial charge in [0.25, 0.3) is 0 Å². The molecule has 2 N–H and O–H groups in total. The monoisotopic (exact) mass is 324 g/mol. The topological polar surface area (TPSA) is 74.3 Å². The van der Waals surface area contributed by atoms with Crippen LogP contribution in [0, 0.1) is 6.92 Å². The molecule has 0 radical (unpaired) electrons. The average molecular weight is 324 g/mol. The molecular weight excluding hydrogens is 304 g/mol. The summed E-state index contributed by atoms with van der Waals surface area (Å²) in [6.07, 6.45) is 3.02. The van der Waals surface area contributed by atoms with E-state index in [2.05, 4.69) is 15.6 Å². The molecule has 2 heterocycles. The summed E-state index contributed by atoms with van der Waals surface area (Å²) in [6, 6.07) is 9.24. The second kappa shape index (κ2) is 6.70. The molecule has 2 aromatic rings. The van der Waals surface area contributed by atoms with E-state index in [1.54, 1.807) is 24.2 Å². The van der Waals surface area contributed by atoms with Gasteiger partial charge in [0.15, 0.2) is 0 Å². The first-order valence-corrected chi connectivity index (χ1v) is 7.88. The molecule has 3 rings (SSSR count). The molecule has 0 fully saturated rings. The van der Waals surface area contributed by atoms with Crippen LogP contribution in [0.4, 0.5) is 16.2 Å². The van der Waals surface area contributed by atoms with Crippen LogP contribution in [0.5, 0.6) is 0 Å². The van der Waals surface area contributed by atoms with Gasteiger partial charge in [-0.3, -0.25) is 9.78 Å². The molecule has 1 aliphatic rings. The van der Waals surface area contributed by atoms with Crippen molar-refractivity contribution in [3.05, 3.63) is 53.3 Å². The van der Waals surface area contributed by atoms with Crippen LogP contribution in [-0.2, 0) is 17.8 Å². The number of carbonyl (C=O) groups is 2. The lowest BCUT2D eigenvalue weighted by Crippen LogP contribution is -2.31. The number of benzene rings is 1. The van der Waals surface area contributed by atoms with Crippen molar-refractivity contribution >= 4 is 23.3 Å². The average Bonchev–Trinajstić information content (AvgIpc) is 2.56. The van der Waals surface area contributed by atoms with E-state index in [0.29, 0.717) is 18.7 Å². The molecule has 0 aliphatic carbocycles. The van der Waals surface area contributed by atoms with Crippen molar-refractivity contribution in [1.82, 2.24) is 9.88 Å². The maximum absolute atomic E-state index is 12.3. The highest BCUT2D eigenvalue weighted by Crippen LogP contribution is 2.26. The van der Waals surface area contributed by atoms with Crippen molar-refractivity contribution in [2.24, 2.45) is 0 Å². The normalized spacial score (nSPS) is 13.0. The van der Waals surface area contributed by atoms with Gasteiger partial charge >= 0.3 is 6.03 Å². The molecule has 24 heavy (non-hydrogen) atoms. The highest BCUT2D eigenvalue weighted by atomic mass is 16.2. The Morgan fingerprint density at radius 3 is 2.88 bits per heavy atom. The molecule has 6 nitrogen and oxygen atoms in total. The van der Waals surface area contributed by atoms with Crippen molar-refractivity contribution in [3.63, 3.8) is 0 Å². The van der Waals surface area contributed by atoms with Crippen LogP contribution < -0.4 is 10.6 Å². The molecule has 3 amide bonds. The molecule has 1 aliphatic heterocycles. The number of fused-ring (bicyclic) bond motifs is 1. The van der Waals surface area contributed by atoms with Crippen molar-refractivity contribution < 1.29 is 9.59 Å². The van der Waals surface area contributed by atoms with Crippen LogP contribution in [0.25, 0.3) is 0 Å². The fourth-order valence-corrected chi connectivity index (χ4v) is 2.58. The van der Waals surface area contributed by atoms with E-state index in [9.17, 15) is 9.59 Å². The van der Waals surface area contributed by atoms with Gasteiger partial charge in [0.1, 0.15) is 0 Å². The van der Waals surface area contributed by atoms with Crippen molar-refractivity contribution in [3.8, 4) is 0 Å². The first kappa shape index (κ1) is 16.0. The summed E-state index contributed by atoms with van der Waals surface area (Å²) in [5, 5.41) is 5.68. The summed E-state index contributed by atoms with van der Waals surface area (Å²) in [6.45, 7) is 2.40. The number of carbonyl (C=O) groups excluding carboxylic acids is 2. The summed E-state index contributed by atoms with van der Waals surface area (Å²) in [7, 11) is 1.72. The minimum Gasteiger partial charge on any atom is -0.326 e. The Morgan fingerprint density at radius 2 is 2.12 bits per heavy atom. The Bertz CT molecular complexity index is 771. The maximum atomic E-state index is 12.3. The van der Waals surface area contributed by atoms with Gasteiger partial charge < -0.3 is 15.5 Å². The van der Waals surface area contributed by atoms with Gasteiger partial charge in [0, 0.05) is 31.0 Å². The number of amides is 3. The van der Waals surface area contributed by atoms with Gasteiger partial charge in [-0.15, -0.1) is 0 Å². The minimum absolute atomic E-state index is 0.00791. The Balaban J connectivity index is 1.64. The highest BCUT2D eigenvalue weighted by Gasteiger charge is 2.16. The fraction of sp³-hybridized carbons (Fsp3) is 0.278. The number of nitrogens with one attached hydrogen (secondary N) is 2. The van der Waals surface area contributed by atoms with Gasteiger partial charge in [-0.25, -0.2) is 4.79 Å². The van der Waals surface area contributed by atoms with Gasteiger partial charge in [-0.1, -0.05) is 12.1 Å². The molecule has 0 unspecified atom stereocenters. The van der Waals surface area contributed by atoms with E-state index in [4.69, 9.17) is 0 Å². The summed E-state index contributed by atoms with van der Waals surface area (Å²) in [4.78, 5) is 29.7. The van der Waals surface area contributed by atoms with Gasteiger partial charge in [0.2, 0.25) is 5.91 Å². The smallest absolute Gasteiger partial charge is 0.321 e. The lowest BCUT2D eigenvalue weighted by Gasteiger charge is -2.20. The fourth-order valence-electron chi connectivity index (χ4n) is 2.58. The van der Waals surface area contributed by atoms with Crippen molar-refractivity contribution in [1.29, 1.82) is 0 Å². The molecule has 0 saturated heterocycles. The minimum atomic E-state index is -0.223. The summed E-state index contributed by atoms with van der Waals surface area (Å²) in [5.41, 5.74) is 4.43. The molecule has 1 aromatic carbocycles. The quantitative estimate of drug-likeness (QED) is 0.911. The van der Waals surface area contributed by atoms with Gasteiger partial charge in [0.05, 0.1) is 12.2 Å². The Labute approximate surface area is 140 Å². The van der Waals surface area contributed by atoms with Gasteiger partial charge in [-0.2, -0.15) is 0 Å². The van der Waals surface area contributed by atoms with Gasteiger partial charge in [-0.05, 0) is 42.7 Å². The summed E-state index contributed by atoms with van der Waals surface area (Å²) >= 11 is 0. The maximum Gasteiger partial charge on any atom is 0.321 e. The second-order valence-corrected chi connectivity index (χ2v) is 6.03. The standard InChI is InChI=1S/C18H20N4O2/c1-12-3-6-15(19-10-12)11-22(2)18(24)20-14-7-4-13-5-8-17(23)21-16(13)9-14/h3-4,6-7,9-10H,5,8,11H2,1-2H3,(H,20,24)(H,21,23). The molecular formula is C18H20N4O2. The largest absolute Gasteiger partial charge is 0.326 e. The van der Waals surface area contributed by atoms with E-state index in [1.807, 2.05) is 31.2 Å². The SMILES string of the molecule is Cc1ccc(CN(C)C(=O)Nc2ccc3c(c2)NC(=O)CC3)nc1. The predicted octanol–water partition coefficient (Wildman–Crippen LogP) is 2.94. The van der Waals surface area contributed by atoms with Crippen LogP contribution in [0.2, 0.25) is 0 Å². The first-order chi connectivity index (χ1) is 11.5. The van der Waals surface area contributed by atoms with Crippen LogP contribution >= 0.6 is 0 Å². The zero-order valence-electron chi connectivity index (χ0n) is 13.8. The van der Waals surface area contributed by atoms with E-state index < -0.39 is 0 Å². The number of aryl methyl sites for hydroxylation is 2. The van der Waals surface area contributed by atoms with E-state index >= 15 is 0 Å². The van der Waals surface area contributed by atoms with E-state index in [-0.39, 0.29) is 11.9 Å².